The molecule has 1 unspecified atom stereocenters. The number of nitrogens with two attached hydrogens (primary N) is 1. The maximum absolute atomic E-state index is 13.9. The van der Waals surface area contributed by atoms with Gasteiger partial charge in [0.25, 0.3) is 5.56 Å². The molecule has 3 N–H and O–H groups in total. The van der Waals surface area contributed by atoms with E-state index < -0.39 is 6.04 Å². The molecule has 10 nitrogen and oxygen atoms in total. The topological polar surface area (TPSA) is 145 Å². The van der Waals surface area contributed by atoms with Crippen molar-refractivity contribution in [1.29, 1.82) is 5.26 Å². The summed E-state index contributed by atoms with van der Waals surface area (Å²) in [6.45, 7) is 1.88. The number of nitrogens with one attached hydrogen (secondary N) is 1. The molecule has 170 valence electrons. The van der Waals surface area contributed by atoms with E-state index >= 15 is 0 Å². The van der Waals surface area contributed by atoms with Crippen molar-refractivity contribution in [2.24, 2.45) is 0 Å². The molecule has 0 saturated heterocycles. The van der Waals surface area contributed by atoms with Gasteiger partial charge >= 0.3 is 0 Å². The highest BCUT2D eigenvalue weighted by Crippen LogP contribution is 2.37. The van der Waals surface area contributed by atoms with Crippen LogP contribution in [0.25, 0.3) is 22.0 Å². The van der Waals surface area contributed by atoms with Crippen LogP contribution in [0.1, 0.15) is 43.2 Å². The second kappa shape index (κ2) is 8.44. The normalized spacial score (nSPS) is 13.9. The summed E-state index contributed by atoms with van der Waals surface area (Å²) in [4.78, 5) is 31.0. The van der Waals surface area contributed by atoms with Gasteiger partial charge in [-0.05, 0) is 37.5 Å². The average molecular weight is 454 g/mol. The van der Waals surface area contributed by atoms with Crippen LogP contribution in [-0.4, -0.2) is 31.6 Å². The summed E-state index contributed by atoms with van der Waals surface area (Å²) in [5, 5.41) is 13.1. The lowest BCUT2D eigenvalue weighted by Crippen LogP contribution is -2.28. The van der Waals surface area contributed by atoms with Crippen LogP contribution in [0.15, 0.2) is 47.7 Å². The number of fused-ring (bicyclic) bond motifs is 1. The van der Waals surface area contributed by atoms with Crippen LogP contribution in [0.4, 0.5) is 11.8 Å². The van der Waals surface area contributed by atoms with Crippen molar-refractivity contribution >= 4 is 22.7 Å². The zero-order valence-electron chi connectivity index (χ0n) is 18.7. The molecule has 1 saturated carbocycles. The minimum Gasteiger partial charge on any atom is -0.495 e. The van der Waals surface area contributed by atoms with E-state index in [1.165, 1.54) is 6.20 Å². The minimum atomic E-state index is -0.416. The summed E-state index contributed by atoms with van der Waals surface area (Å²) >= 11 is 0. The molecule has 1 aliphatic carbocycles. The molecule has 4 aromatic rings. The number of hydrogen-bond acceptors (Lipinski definition) is 9. The molecular weight excluding hydrogens is 432 g/mol. The van der Waals surface area contributed by atoms with E-state index in [0.717, 1.165) is 24.0 Å². The van der Waals surface area contributed by atoms with Crippen molar-refractivity contribution in [3.8, 4) is 22.9 Å². The summed E-state index contributed by atoms with van der Waals surface area (Å²) in [6.07, 6.45) is 6.50. The summed E-state index contributed by atoms with van der Waals surface area (Å²) < 4.78 is 7.07. The number of nitrogens with zero attached hydrogens (tertiary/aromatic N) is 6. The van der Waals surface area contributed by atoms with Crippen molar-refractivity contribution in [3.63, 3.8) is 0 Å². The Hall–Kier alpha value is -4.52. The van der Waals surface area contributed by atoms with E-state index in [1.54, 1.807) is 24.1 Å². The molecule has 1 aliphatic rings. The lowest BCUT2D eigenvalue weighted by molar-refractivity contribution is 0.413. The molecule has 5 rings (SSSR count). The van der Waals surface area contributed by atoms with Crippen LogP contribution in [0.3, 0.4) is 0 Å². The molecule has 3 heterocycles. The lowest BCUT2D eigenvalue weighted by Gasteiger charge is -2.21. The smallest absolute Gasteiger partial charge is 0.262 e. The SMILES string of the molecule is COc1cncc(-c2cccc3nc(C(C)Nc4nc(N)ncc4C#N)n(C4CC4)c(=O)c23)c1. The summed E-state index contributed by atoms with van der Waals surface area (Å²) in [5.74, 6) is 1.53. The number of aromatic nitrogens is 5. The highest BCUT2D eigenvalue weighted by molar-refractivity contribution is 5.94. The highest BCUT2D eigenvalue weighted by atomic mass is 16.5. The maximum atomic E-state index is 13.9. The Balaban J connectivity index is 1.66. The van der Waals surface area contributed by atoms with Crippen LogP contribution in [0.5, 0.6) is 5.75 Å². The molecule has 0 radical (unpaired) electrons. The average Bonchev–Trinajstić information content (AvgIpc) is 3.69. The number of anilines is 2. The fourth-order valence-corrected chi connectivity index (χ4v) is 4.03. The van der Waals surface area contributed by atoms with Crippen LogP contribution in [-0.2, 0) is 0 Å². The number of nitrogen functional groups attached to an aromatic ring is 1. The summed E-state index contributed by atoms with van der Waals surface area (Å²) in [7, 11) is 1.58. The zero-order chi connectivity index (χ0) is 23.8. The summed E-state index contributed by atoms with van der Waals surface area (Å²) in [6, 6.07) is 9.15. The maximum Gasteiger partial charge on any atom is 0.262 e. The van der Waals surface area contributed by atoms with Crippen LogP contribution in [0.2, 0.25) is 0 Å². The van der Waals surface area contributed by atoms with Crippen LogP contribution < -0.4 is 21.3 Å². The Morgan fingerprint density at radius 2 is 2.09 bits per heavy atom. The molecule has 0 spiro atoms. The number of benzene rings is 1. The van der Waals surface area contributed by atoms with Crippen molar-refractivity contribution in [2.75, 3.05) is 18.2 Å². The molecule has 0 aliphatic heterocycles. The summed E-state index contributed by atoms with van der Waals surface area (Å²) in [5.41, 5.74) is 7.97. The van der Waals surface area contributed by atoms with Gasteiger partial charge in [0, 0.05) is 17.8 Å². The predicted molar refractivity (Wildman–Crippen MR) is 127 cm³/mol. The predicted octanol–water partition coefficient (Wildman–Crippen LogP) is 3.22. The van der Waals surface area contributed by atoms with Crippen LogP contribution in [0, 0.1) is 11.3 Å². The molecular formula is C24H22N8O2. The van der Waals surface area contributed by atoms with Crippen molar-refractivity contribution in [1.82, 2.24) is 24.5 Å². The standard InChI is InChI=1S/C24H22N8O2/c1-13(29-21-15(9-25)11-28-24(26)31-21)22-30-19-5-3-4-18(14-8-17(34-2)12-27-10-14)20(19)23(33)32(22)16-6-7-16/h3-5,8,10-13,16H,6-7H2,1-2H3,(H3,26,28,29,31). The van der Waals surface area contributed by atoms with Gasteiger partial charge in [-0.25, -0.2) is 9.97 Å². The van der Waals surface area contributed by atoms with E-state index in [4.69, 9.17) is 15.5 Å². The third-order valence-corrected chi connectivity index (χ3v) is 5.80. The highest BCUT2D eigenvalue weighted by Gasteiger charge is 2.31. The van der Waals surface area contributed by atoms with Crippen molar-refractivity contribution in [2.45, 2.75) is 31.8 Å². The Kier molecular flexibility index (Phi) is 5.30. The molecule has 0 amide bonds. The number of methoxy groups -OCH3 is 1. The Morgan fingerprint density at radius 3 is 2.82 bits per heavy atom. The van der Waals surface area contributed by atoms with Gasteiger partial charge in [-0.15, -0.1) is 0 Å². The third-order valence-electron chi connectivity index (χ3n) is 5.80. The molecule has 1 atom stereocenters. The number of rotatable bonds is 6. The number of ether oxygens (including phenoxy) is 1. The Labute approximate surface area is 195 Å². The fourth-order valence-electron chi connectivity index (χ4n) is 4.03. The van der Waals surface area contributed by atoms with Crippen LogP contribution >= 0.6 is 0 Å². The molecule has 1 fully saturated rings. The van der Waals surface area contributed by atoms with E-state index in [0.29, 0.717) is 28.3 Å². The van der Waals surface area contributed by atoms with Gasteiger partial charge in [0.2, 0.25) is 5.95 Å². The molecule has 0 bridgehead atoms. The molecule has 10 heteroatoms. The second-order valence-corrected chi connectivity index (χ2v) is 8.16. The first-order chi connectivity index (χ1) is 16.5. The molecule has 3 aromatic heterocycles. The van der Waals surface area contributed by atoms with Gasteiger partial charge < -0.3 is 15.8 Å². The Bertz CT molecular complexity index is 1500. The lowest BCUT2D eigenvalue weighted by atomic mass is 10.0. The zero-order valence-corrected chi connectivity index (χ0v) is 18.7. The quantitative estimate of drug-likeness (QED) is 0.448. The largest absolute Gasteiger partial charge is 0.495 e. The van der Waals surface area contributed by atoms with E-state index in [-0.39, 0.29) is 23.1 Å². The van der Waals surface area contributed by atoms with E-state index in [2.05, 4.69) is 26.3 Å². The first kappa shape index (κ1) is 21.3. The molecule has 34 heavy (non-hydrogen) atoms. The first-order valence-electron chi connectivity index (χ1n) is 10.8. The van der Waals surface area contributed by atoms with Crippen molar-refractivity contribution < 1.29 is 4.74 Å². The fraction of sp³-hybridized carbons (Fsp3) is 0.250. The van der Waals surface area contributed by atoms with Gasteiger partial charge in [0.05, 0.1) is 36.4 Å². The second-order valence-electron chi connectivity index (χ2n) is 8.16. The van der Waals surface area contributed by atoms with Gasteiger partial charge in [0.15, 0.2) is 0 Å². The van der Waals surface area contributed by atoms with Gasteiger partial charge in [-0.3, -0.25) is 14.3 Å². The van der Waals surface area contributed by atoms with Crippen molar-refractivity contribution in [3.05, 3.63) is 64.6 Å². The number of pyridine rings is 1. The Morgan fingerprint density at radius 1 is 1.26 bits per heavy atom. The van der Waals surface area contributed by atoms with E-state index in [9.17, 15) is 10.1 Å². The molecule has 1 aromatic carbocycles. The van der Waals surface area contributed by atoms with E-state index in [1.807, 2.05) is 31.2 Å². The minimum absolute atomic E-state index is 0.0521. The number of hydrogen-bond donors (Lipinski definition) is 2. The third kappa shape index (κ3) is 3.77. The monoisotopic (exact) mass is 454 g/mol. The van der Waals surface area contributed by atoms with Gasteiger partial charge in [-0.1, -0.05) is 12.1 Å². The van der Waals surface area contributed by atoms with Gasteiger partial charge in [-0.2, -0.15) is 10.2 Å². The van der Waals surface area contributed by atoms with Gasteiger partial charge in [0.1, 0.15) is 29.0 Å². The number of nitriles is 1. The first-order valence-corrected chi connectivity index (χ1v) is 10.8.